The number of nitrogen functional groups attached to an aromatic ring is 1. The van der Waals surface area contributed by atoms with Gasteiger partial charge in [0.25, 0.3) is 0 Å². The average molecular weight is 363 g/mol. The average Bonchev–Trinajstić information content (AvgIpc) is 2.37. The molecule has 20 heavy (non-hydrogen) atoms. The molecule has 0 unspecified atom stereocenters. The first kappa shape index (κ1) is 15.8. The quantitative estimate of drug-likeness (QED) is 0.714. The van der Waals surface area contributed by atoms with Crippen molar-refractivity contribution in [1.82, 2.24) is 4.72 Å². The minimum absolute atomic E-state index is 0.0478. The Labute approximate surface area is 127 Å². The number of hydrogen-bond donors (Lipinski definition) is 3. The van der Waals surface area contributed by atoms with Crippen LogP contribution in [-0.2, 0) is 10.0 Å². The molecule has 2 rings (SSSR count). The van der Waals surface area contributed by atoms with Gasteiger partial charge in [-0.15, -0.1) is 0 Å². The molecule has 0 saturated heterocycles. The van der Waals surface area contributed by atoms with Gasteiger partial charge in [-0.25, -0.2) is 13.1 Å². The maximum Gasteiger partial charge on any atom is 0.241 e. The highest BCUT2D eigenvalue weighted by Crippen LogP contribution is 2.29. The largest absolute Gasteiger partial charge is 0.399 e. The summed E-state index contributed by atoms with van der Waals surface area (Å²) < 4.78 is 27.4. The first-order valence-electron chi connectivity index (χ1n) is 6.60. The number of halogens is 1. The zero-order valence-electron chi connectivity index (χ0n) is 11.1. The first-order valence-corrected chi connectivity index (χ1v) is 8.87. The Morgan fingerprint density at radius 1 is 1.30 bits per heavy atom. The number of hydrogen-bond acceptors (Lipinski definition) is 4. The molecule has 0 amide bonds. The highest BCUT2D eigenvalue weighted by Gasteiger charge is 2.31. The van der Waals surface area contributed by atoms with Crippen LogP contribution in [0.2, 0.25) is 0 Å². The van der Waals surface area contributed by atoms with E-state index in [9.17, 15) is 13.5 Å². The summed E-state index contributed by atoms with van der Waals surface area (Å²) in [6.45, 7) is 0.0478. The number of aliphatic hydroxyl groups is 1. The predicted octanol–water partition coefficient (Wildman–Crippen LogP) is 2.00. The Morgan fingerprint density at radius 2 is 1.95 bits per heavy atom. The highest BCUT2D eigenvalue weighted by molar-refractivity contribution is 9.10. The van der Waals surface area contributed by atoms with Crippen LogP contribution in [0, 0.1) is 0 Å². The molecule has 1 saturated carbocycles. The number of anilines is 1. The van der Waals surface area contributed by atoms with Crippen LogP contribution in [0.3, 0.4) is 0 Å². The van der Waals surface area contributed by atoms with Gasteiger partial charge >= 0.3 is 0 Å². The topological polar surface area (TPSA) is 92.4 Å². The summed E-state index contributed by atoms with van der Waals surface area (Å²) in [7, 11) is -3.66. The zero-order chi connectivity index (χ0) is 14.8. The van der Waals surface area contributed by atoms with Gasteiger partial charge in [-0.2, -0.15) is 0 Å². The molecule has 1 aromatic rings. The van der Waals surface area contributed by atoms with Crippen molar-refractivity contribution in [3.8, 4) is 0 Å². The third-order valence-corrected chi connectivity index (χ3v) is 6.00. The molecule has 0 heterocycles. The van der Waals surface area contributed by atoms with E-state index in [4.69, 9.17) is 5.73 Å². The maximum absolute atomic E-state index is 12.3. The second kappa shape index (κ2) is 6.01. The maximum atomic E-state index is 12.3. The van der Waals surface area contributed by atoms with E-state index in [1.807, 2.05) is 0 Å². The Balaban J connectivity index is 2.11. The fourth-order valence-electron chi connectivity index (χ4n) is 2.43. The standard InChI is InChI=1S/C13H19BrN2O3S/c14-11-8-10(15)4-5-12(11)20(18,19)16-9-13(17)6-2-1-3-7-13/h4-5,8,16-17H,1-3,6-7,9,15H2. The number of benzene rings is 1. The van der Waals surface area contributed by atoms with Crippen molar-refractivity contribution < 1.29 is 13.5 Å². The van der Waals surface area contributed by atoms with E-state index in [0.717, 1.165) is 19.3 Å². The summed E-state index contributed by atoms with van der Waals surface area (Å²) in [5, 5.41) is 10.3. The summed E-state index contributed by atoms with van der Waals surface area (Å²) in [6.07, 6.45) is 4.24. The normalized spacial score (nSPS) is 18.9. The third-order valence-electron chi connectivity index (χ3n) is 3.62. The predicted molar refractivity (Wildman–Crippen MR) is 81.8 cm³/mol. The van der Waals surface area contributed by atoms with Gasteiger partial charge in [0.1, 0.15) is 0 Å². The number of nitrogens with one attached hydrogen (secondary N) is 1. The lowest BCUT2D eigenvalue weighted by Gasteiger charge is -2.32. The Bertz CT molecular complexity index is 583. The van der Waals surface area contributed by atoms with E-state index >= 15 is 0 Å². The molecule has 5 nitrogen and oxygen atoms in total. The molecule has 0 aliphatic heterocycles. The van der Waals surface area contributed by atoms with Gasteiger partial charge in [-0.1, -0.05) is 19.3 Å². The lowest BCUT2D eigenvalue weighted by molar-refractivity contribution is 0.00945. The van der Waals surface area contributed by atoms with Gasteiger partial charge < -0.3 is 10.8 Å². The summed E-state index contributed by atoms with van der Waals surface area (Å²) in [4.78, 5) is 0.131. The second-order valence-corrected chi connectivity index (χ2v) is 7.89. The van der Waals surface area contributed by atoms with Gasteiger partial charge in [0.15, 0.2) is 0 Å². The molecule has 0 bridgehead atoms. The van der Waals surface area contributed by atoms with E-state index in [0.29, 0.717) is 23.0 Å². The smallest absolute Gasteiger partial charge is 0.241 e. The van der Waals surface area contributed by atoms with E-state index < -0.39 is 15.6 Å². The van der Waals surface area contributed by atoms with E-state index in [2.05, 4.69) is 20.7 Å². The molecule has 0 aromatic heterocycles. The van der Waals surface area contributed by atoms with Crippen LogP contribution in [0.1, 0.15) is 32.1 Å². The second-order valence-electron chi connectivity index (χ2n) is 5.30. The zero-order valence-corrected chi connectivity index (χ0v) is 13.5. The summed E-state index contributed by atoms with van der Waals surface area (Å²) in [6, 6.07) is 4.53. The molecule has 1 aromatic carbocycles. The van der Waals surface area contributed by atoms with Crippen molar-refractivity contribution in [2.24, 2.45) is 0 Å². The molecule has 1 aliphatic carbocycles. The Kier molecular flexibility index (Phi) is 4.73. The summed E-state index contributed by atoms with van der Waals surface area (Å²) in [5.41, 5.74) is 5.16. The minimum atomic E-state index is -3.66. The number of nitrogens with two attached hydrogens (primary N) is 1. The van der Waals surface area contributed by atoms with Crippen molar-refractivity contribution in [1.29, 1.82) is 0 Å². The van der Waals surface area contributed by atoms with Crippen LogP contribution in [0.15, 0.2) is 27.6 Å². The van der Waals surface area contributed by atoms with Crippen LogP contribution < -0.4 is 10.5 Å². The SMILES string of the molecule is Nc1ccc(S(=O)(=O)NCC2(O)CCCCC2)c(Br)c1. The molecule has 112 valence electrons. The molecule has 4 N–H and O–H groups in total. The van der Waals surface area contributed by atoms with Crippen LogP contribution in [0.4, 0.5) is 5.69 Å². The van der Waals surface area contributed by atoms with Crippen molar-refractivity contribution in [2.45, 2.75) is 42.6 Å². The molecular weight excluding hydrogens is 344 g/mol. The number of sulfonamides is 1. The van der Waals surface area contributed by atoms with Crippen LogP contribution >= 0.6 is 15.9 Å². The van der Waals surface area contributed by atoms with Crippen LogP contribution in [-0.4, -0.2) is 25.7 Å². The van der Waals surface area contributed by atoms with E-state index in [-0.39, 0.29) is 11.4 Å². The van der Waals surface area contributed by atoms with Crippen LogP contribution in [0.25, 0.3) is 0 Å². The fourth-order valence-corrected chi connectivity index (χ4v) is 4.64. The summed E-state index contributed by atoms with van der Waals surface area (Å²) in [5.74, 6) is 0. The molecule has 0 radical (unpaired) electrons. The lowest BCUT2D eigenvalue weighted by Crippen LogP contribution is -2.44. The van der Waals surface area contributed by atoms with Crippen molar-refractivity contribution in [2.75, 3.05) is 12.3 Å². The van der Waals surface area contributed by atoms with Gasteiger partial charge in [-0.05, 0) is 47.0 Å². The van der Waals surface area contributed by atoms with Crippen molar-refractivity contribution in [3.05, 3.63) is 22.7 Å². The minimum Gasteiger partial charge on any atom is -0.399 e. The third kappa shape index (κ3) is 3.72. The Hall–Kier alpha value is -0.630. The van der Waals surface area contributed by atoms with Crippen molar-refractivity contribution >= 4 is 31.6 Å². The van der Waals surface area contributed by atoms with Gasteiger partial charge in [0, 0.05) is 16.7 Å². The molecule has 1 fully saturated rings. The molecule has 0 spiro atoms. The van der Waals surface area contributed by atoms with Gasteiger partial charge in [-0.3, -0.25) is 0 Å². The van der Waals surface area contributed by atoms with Crippen molar-refractivity contribution in [3.63, 3.8) is 0 Å². The summed E-state index contributed by atoms with van der Waals surface area (Å²) >= 11 is 3.20. The molecular formula is C13H19BrN2O3S. The first-order chi connectivity index (χ1) is 9.32. The lowest BCUT2D eigenvalue weighted by atomic mass is 9.85. The molecule has 7 heteroatoms. The fraction of sp³-hybridized carbons (Fsp3) is 0.538. The highest BCUT2D eigenvalue weighted by atomic mass is 79.9. The molecule has 0 atom stereocenters. The Morgan fingerprint density at radius 3 is 2.55 bits per heavy atom. The van der Waals surface area contributed by atoms with E-state index in [1.165, 1.54) is 12.1 Å². The van der Waals surface area contributed by atoms with Gasteiger partial charge in [0.05, 0.1) is 10.5 Å². The number of rotatable bonds is 4. The van der Waals surface area contributed by atoms with E-state index in [1.54, 1.807) is 6.07 Å². The monoisotopic (exact) mass is 362 g/mol. The van der Waals surface area contributed by atoms with Crippen LogP contribution in [0.5, 0.6) is 0 Å². The van der Waals surface area contributed by atoms with Gasteiger partial charge in [0.2, 0.25) is 10.0 Å². The molecule has 1 aliphatic rings.